The Morgan fingerprint density at radius 3 is 1.33 bits per heavy atom. The van der Waals surface area contributed by atoms with Gasteiger partial charge in [-0.15, -0.1) is 0 Å². The van der Waals surface area contributed by atoms with Crippen LogP contribution in [0.25, 0.3) is 0 Å². The molecule has 0 amide bonds. The largest absolute Gasteiger partial charge is 0.459 e. The summed E-state index contributed by atoms with van der Waals surface area (Å²) in [7, 11) is 0. The van der Waals surface area contributed by atoms with E-state index in [-0.39, 0.29) is 17.8 Å². The van der Waals surface area contributed by atoms with Crippen LogP contribution in [0.2, 0.25) is 0 Å². The van der Waals surface area contributed by atoms with E-state index in [0.29, 0.717) is 11.8 Å². The Morgan fingerprint density at radius 1 is 0.708 bits per heavy atom. The molecular weight excluding hydrogens is 304 g/mol. The zero-order valence-corrected chi connectivity index (χ0v) is 15.6. The highest BCUT2D eigenvalue weighted by atomic mass is 16.6. The number of carbonyl (C=O) groups is 2. The van der Waals surface area contributed by atoms with Crippen LogP contribution in [0.3, 0.4) is 0 Å². The summed E-state index contributed by atoms with van der Waals surface area (Å²) in [5.41, 5.74) is 1.25. The van der Waals surface area contributed by atoms with Crippen LogP contribution in [0.1, 0.15) is 79.1 Å². The number of allylic oxidation sites excluding steroid dienone is 1. The molecule has 0 aromatic rings. The summed E-state index contributed by atoms with van der Waals surface area (Å²) in [6, 6.07) is 0. The summed E-state index contributed by atoms with van der Waals surface area (Å²) in [5, 5.41) is 0. The Morgan fingerprint density at radius 2 is 1.04 bits per heavy atom. The molecule has 136 valence electrons. The van der Waals surface area contributed by atoms with Gasteiger partial charge in [-0.2, -0.15) is 0 Å². The van der Waals surface area contributed by atoms with E-state index in [4.69, 9.17) is 9.47 Å². The van der Waals surface area contributed by atoms with Gasteiger partial charge >= 0.3 is 11.9 Å². The molecule has 2 fully saturated rings. The van der Waals surface area contributed by atoms with Crippen molar-refractivity contribution in [3.05, 3.63) is 11.1 Å². The first-order valence-electron chi connectivity index (χ1n) is 9.56. The Balaban J connectivity index is 2.43. The molecule has 2 aliphatic rings. The predicted octanol–water partition coefficient (Wildman–Crippen LogP) is 4.57. The number of esters is 2. The van der Waals surface area contributed by atoms with Gasteiger partial charge in [0.15, 0.2) is 0 Å². The zero-order chi connectivity index (χ0) is 17.7. The van der Waals surface area contributed by atoms with Gasteiger partial charge in [0, 0.05) is 0 Å². The lowest BCUT2D eigenvalue weighted by Gasteiger charge is -2.25. The summed E-state index contributed by atoms with van der Waals surface area (Å²) in [6.07, 6.45) is 8.48. The molecule has 0 aliphatic heterocycles. The van der Waals surface area contributed by atoms with Gasteiger partial charge in [-0.05, 0) is 70.8 Å². The van der Waals surface area contributed by atoms with Gasteiger partial charge in [0.25, 0.3) is 0 Å². The summed E-state index contributed by atoms with van der Waals surface area (Å²) in [5.74, 6) is -0.320. The summed E-state index contributed by atoms with van der Waals surface area (Å²) >= 11 is 0. The number of ether oxygens (including phenoxy) is 2. The van der Waals surface area contributed by atoms with Crippen molar-refractivity contribution in [2.45, 2.75) is 91.3 Å². The molecule has 2 aliphatic carbocycles. The minimum absolute atomic E-state index is 0.205. The van der Waals surface area contributed by atoms with Crippen molar-refractivity contribution >= 4 is 11.9 Å². The lowest BCUT2D eigenvalue weighted by Crippen LogP contribution is -2.28. The van der Waals surface area contributed by atoms with E-state index in [2.05, 4.69) is 0 Å². The third kappa shape index (κ3) is 4.84. The standard InChI is InChI=1S/C20H32O4/c1-13(2)23-19(21)18(20(22)24-14(3)4)17(15-9-5-6-10-15)16-11-7-8-12-16/h13-16H,5-12H2,1-4H3. The van der Waals surface area contributed by atoms with E-state index in [1.165, 1.54) is 25.7 Å². The van der Waals surface area contributed by atoms with Crippen molar-refractivity contribution < 1.29 is 19.1 Å². The molecule has 0 unspecified atom stereocenters. The van der Waals surface area contributed by atoms with Crippen LogP contribution in [-0.4, -0.2) is 24.1 Å². The van der Waals surface area contributed by atoms with Crippen LogP contribution >= 0.6 is 0 Å². The lowest BCUT2D eigenvalue weighted by molar-refractivity contribution is -0.151. The fraction of sp³-hybridized carbons (Fsp3) is 0.800. The molecule has 0 N–H and O–H groups in total. The van der Waals surface area contributed by atoms with Crippen LogP contribution in [0.15, 0.2) is 11.1 Å². The quantitative estimate of drug-likeness (QED) is 0.309. The second kappa shape index (κ2) is 8.68. The van der Waals surface area contributed by atoms with E-state index in [1.807, 2.05) is 27.7 Å². The van der Waals surface area contributed by atoms with Gasteiger partial charge in [-0.3, -0.25) is 0 Å². The molecule has 2 rings (SSSR count). The molecule has 4 nitrogen and oxygen atoms in total. The van der Waals surface area contributed by atoms with Crippen molar-refractivity contribution in [1.82, 2.24) is 0 Å². The highest BCUT2D eigenvalue weighted by molar-refractivity contribution is 6.15. The van der Waals surface area contributed by atoms with Gasteiger partial charge in [0.05, 0.1) is 12.2 Å². The molecule has 0 radical (unpaired) electrons. The lowest BCUT2D eigenvalue weighted by atomic mass is 9.82. The van der Waals surface area contributed by atoms with Crippen LogP contribution in [0, 0.1) is 11.8 Å². The van der Waals surface area contributed by atoms with Crippen molar-refractivity contribution in [3.63, 3.8) is 0 Å². The first-order chi connectivity index (χ1) is 11.4. The molecule has 0 heterocycles. The van der Waals surface area contributed by atoms with Gasteiger partial charge < -0.3 is 9.47 Å². The Bertz CT molecular complexity index is 436. The highest BCUT2D eigenvalue weighted by Crippen LogP contribution is 2.43. The maximum Gasteiger partial charge on any atom is 0.345 e. The second-order valence-electron chi connectivity index (χ2n) is 7.70. The van der Waals surface area contributed by atoms with Crippen LogP contribution < -0.4 is 0 Å². The molecule has 0 aromatic heterocycles. The third-order valence-corrected chi connectivity index (χ3v) is 4.97. The minimum atomic E-state index is -0.496. The summed E-state index contributed by atoms with van der Waals surface area (Å²) in [4.78, 5) is 25.5. The summed E-state index contributed by atoms with van der Waals surface area (Å²) < 4.78 is 10.8. The molecule has 0 bridgehead atoms. The van der Waals surface area contributed by atoms with Gasteiger partial charge in [-0.25, -0.2) is 9.59 Å². The third-order valence-electron chi connectivity index (χ3n) is 4.97. The maximum absolute atomic E-state index is 12.8. The van der Waals surface area contributed by atoms with E-state index in [9.17, 15) is 9.59 Å². The first-order valence-corrected chi connectivity index (χ1v) is 9.56. The molecule has 24 heavy (non-hydrogen) atoms. The van der Waals surface area contributed by atoms with Crippen molar-refractivity contribution in [3.8, 4) is 0 Å². The normalized spacial score (nSPS) is 19.1. The SMILES string of the molecule is CC(C)OC(=O)C(C(=O)OC(C)C)=C(C1CCCC1)C1CCCC1. The average Bonchev–Trinajstić information content (AvgIpc) is 3.16. The Kier molecular flexibility index (Phi) is 6.88. The maximum atomic E-state index is 12.8. The number of hydrogen-bond donors (Lipinski definition) is 0. The van der Waals surface area contributed by atoms with Crippen LogP contribution in [0.4, 0.5) is 0 Å². The van der Waals surface area contributed by atoms with E-state index < -0.39 is 11.9 Å². The van der Waals surface area contributed by atoms with Crippen LogP contribution in [-0.2, 0) is 19.1 Å². The fourth-order valence-electron chi connectivity index (χ4n) is 4.08. The molecule has 0 aromatic carbocycles. The Hall–Kier alpha value is -1.32. The smallest absolute Gasteiger partial charge is 0.345 e. The topological polar surface area (TPSA) is 52.6 Å². The number of hydrogen-bond acceptors (Lipinski definition) is 4. The summed E-state index contributed by atoms with van der Waals surface area (Å²) in [6.45, 7) is 7.25. The van der Waals surface area contributed by atoms with E-state index in [1.54, 1.807) is 0 Å². The zero-order valence-electron chi connectivity index (χ0n) is 15.6. The van der Waals surface area contributed by atoms with Crippen molar-refractivity contribution in [2.24, 2.45) is 11.8 Å². The molecule has 0 spiro atoms. The monoisotopic (exact) mass is 336 g/mol. The Labute approximate surface area is 146 Å². The van der Waals surface area contributed by atoms with Crippen LogP contribution in [0.5, 0.6) is 0 Å². The van der Waals surface area contributed by atoms with Gasteiger partial charge in [-0.1, -0.05) is 25.7 Å². The molecule has 0 saturated heterocycles. The highest BCUT2D eigenvalue weighted by Gasteiger charge is 2.37. The average molecular weight is 336 g/mol. The van der Waals surface area contributed by atoms with E-state index in [0.717, 1.165) is 31.3 Å². The molecular formula is C20H32O4. The minimum Gasteiger partial charge on any atom is -0.459 e. The van der Waals surface area contributed by atoms with Crippen molar-refractivity contribution in [1.29, 1.82) is 0 Å². The molecule has 0 atom stereocenters. The van der Waals surface area contributed by atoms with Crippen molar-refractivity contribution in [2.75, 3.05) is 0 Å². The van der Waals surface area contributed by atoms with Gasteiger partial charge in [0.1, 0.15) is 5.57 Å². The van der Waals surface area contributed by atoms with E-state index >= 15 is 0 Å². The second-order valence-corrected chi connectivity index (χ2v) is 7.70. The predicted molar refractivity (Wildman–Crippen MR) is 93.4 cm³/mol. The fourth-order valence-corrected chi connectivity index (χ4v) is 4.08. The molecule has 4 heteroatoms. The molecule has 2 saturated carbocycles. The first kappa shape index (κ1) is 19.0. The van der Waals surface area contributed by atoms with Gasteiger partial charge in [0.2, 0.25) is 0 Å². The number of rotatable bonds is 6. The number of carbonyl (C=O) groups excluding carboxylic acids is 2.